The van der Waals surface area contributed by atoms with Gasteiger partial charge in [0, 0.05) is 5.56 Å². The van der Waals surface area contributed by atoms with Crippen molar-refractivity contribution >= 4 is 11.1 Å². The van der Waals surface area contributed by atoms with Gasteiger partial charge in [-0.3, -0.25) is 0 Å². The van der Waals surface area contributed by atoms with Gasteiger partial charge in [-0.25, -0.2) is 8.78 Å². The normalized spacial score (nSPS) is 12.2. The highest BCUT2D eigenvalue weighted by molar-refractivity contribution is 5.88. The number of allylic oxidation sites excluding steroid dienone is 2. The van der Waals surface area contributed by atoms with E-state index in [-0.39, 0.29) is 0 Å². The summed E-state index contributed by atoms with van der Waals surface area (Å²) in [5.74, 6) is -0.823. The summed E-state index contributed by atoms with van der Waals surface area (Å²) in [5.41, 5.74) is 3.02. The summed E-state index contributed by atoms with van der Waals surface area (Å²) in [4.78, 5) is 0. The Balaban J connectivity index is 2.53. The van der Waals surface area contributed by atoms with Crippen LogP contribution in [0.1, 0.15) is 25.0 Å². The molecule has 0 N–H and O–H groups in total. The SMILES string of the molecule is CC(=C(C)c1cc(F)ccc1F)c1ccccc1. The van der Waals surface area contributed by atoms with E-state index >= 15 is 0 Å². The van der Waals surface area contributed by atoms with Crippen molar-refractivity contribution in [1.29, 1.82) is 0 Å². The van der Waals surface area contributed by atoms with Crippen LogP contribution in [0.4, 0.5) is 8.78 Å². The molecule has 0 saturated heterocycles. The average Bonchev–Trinajstić information content (AvgIpc) is 2.41. The lowest BCUT2D eigenvalue weighted by atomic mass is 9.97. The lowest BCUT2D eigenvalue weighted by molar-refractivity contribution is 0.597. The lowest BCUT2D eigenvalue weighted by Gasteiger charge is -2.09. The van der Waals surface area contributed by atoms with E-state index in [9.17, 15) is 8.78 Å². The van der Waals surface area contributed by atoms with Gasteiger partial charge in [-0.2, -0.15) is 0 Å². The molecule has 2 rings (SSSR count). The Morgan fingerprint density at radius 3 is 2.17 bits per heavy atom. The first kappa shape index (κ1) is 12.5. The van der Waals surface area contributed by atoms with E-state index in [2.05, 4.69) is 0 Å². The first-order valence-corrected chi connectivity index (χ1v) is 5.78. The average molecular weight is 244 g/mol. The Hall–Kier alpha value is -1.96. The molecule has 0 amide bonds. The fourth-order valence-corrected chi connectivity index (χ4v) is 1.89. The van der Waals surface area contributed by atoms with Crippen molar-refractivity contribution in [1.82, 2.24) is 0 Å². The van der Waals surface area contributed by atoms with Crippen molar-refractivity contribution in [3.63, 3.8) is 0 Å². The zero-order valence-corrected chi connectivity index (χ0v) is 10.4. The van der Waals surface area contributed by atoms with Gasteiger partial charge in [-0.05, 0) is 48.8 Å². The third kappa shape index (κ3) is 2.48. The smallest absolute Gasteiger partial charge is 0.130 e. The minimum Gasteiger partial charge on any atom is -0.207 e. The Morgan fingerprint density at radius 1 is 0.833 bits per heavy atom. The molecule has 2 aromatic carbocycles. The predicted molar refractivity (Wildman–Crippen MR) is 71.0 cm³/mol. The van der Waals surface area contributed by atoms with Gasteiger partial charge < -0.3 is 0 Å². The van der Waals surface area contributed by atoms with Crippen molar-refractivity contribution in [2.45, 2.75) is 13.8 Å². The van der Waals surface area contributed by atoms with Crippen LogP contribution in [0.15, 0.2) is 48.5 Å². The van der Waals surface area contributed by atoms with Crippen molar-refractivity contribution in [3.8, 4) is 0 Å². The Morgan fingerprint density at radius 2 is 1.50 bits per heavy atom. The lowest BCUT2D eigenvalue weighted by Crippen LogP contribution is -1.92. The van der Waals surface area contributed by atoms with Crippen molar-refractivity contribution < 1.29 is 8.78 Å². The topological polar surface area (TPSA) is 0 Å². The highest BCUT2D eigenvalue weighted by atomic mass is 19.1. The van der Waals surface area contributed by atoms with Crippen LogP contribution in [0.25, 0.3) is 11.1 Å². The zero-order chi connectivity index (χ0) is 13.1. The van der Waals surface area contributed by atoms with Gasteiger partial charge in [0.15, 0.2) is 0 Å². The summed E-state index contributed by atoms with van der Waals surface area (Å²) in [7, 11) is 0. The van der Waals surface area contributed by atoms with Crippen molar-refractivity contribution in [3.05, 3.63) is 71.3 Å². The second kappa shape index (κ2) is 5.13. The minimum atomic E-state index is -0.424. The van der Waals surface area contributed by atoms with E-state index in [0.717, 1.165) is 28.8 Å². The number of halogens is 2. The number of hydrogen-bond acceptors (Lipinski definition) is 0. The van der Waals surface area contributed by atoms with E-state index in [4.69, 9.17) is 0 Å². The monoisotopic (exact) mass is 244 g/mol. The molecule has 0 aliphatic carbocycles. The van der Waals surface area contributed by atoms with Gasteiger partial charge in [0.25, 0.3) is 0 Å². The maximum atomic E-state index is 13.7. The molecule has 0 bridgehead atoms. The van der Waals surface area contributed by atoms with Crippen LogP contribution in [-0.4, -0.2) is 0 Å². The van der Waals surface area contributed by atoms with E-state index in [1.807, 2.05) is 37.3 Å². The molecule has 2 aromatic rings. The molecule has 18 heavy (non-hydrogen) atoms. The molecule has 2 heteroatoms. The Kier molecular flexibility index (Phi) is 3.56. The highest BCUT2D eigenvalue weighted by Crippen LogP contribution is 2.27. The largest absolute Gasteiger partial charge is 0.207 e. The fraction of sp³-hybridized carbons (Fsp3) is 0.125. The third-order valence-electron chi connectivity index (χ3n) is 3.10. The van der Waals surface area contributed by atoms with Gasteiger partial charge in [0.05, 0.1) is 0 Å². The molecule has 0 aliphatic rings. The summed E-state index contributed by atoms with van der Waals surface area (Å²) < 4.78 is 26.9. The number of rotatable bonds is 2. The van der Waals surface area contributed by atoms with Crippen LogP contribution in [0.5, 0.6) is 0 Å². The van der Waals surface area contributed by atoms with Crippen molar-refractivity contribution in [2.24, 2.45) is 0 Å². The van der Waals surface area contributed by atoms with Gasteiger partial charge >= 0.3 is 0 Å². The van der Waals surface area contributed by atoms with Gasteiger partial charge in [0.2, 0.25) is 0 Å². The molecular weight excluding hydrogens is 230 g/mol. The third-order valence-corrected chi connectivity index (χ3v) is 3.10. The number of hydrogen-bond donors (Lipinski definition) is 0. The summed E-state index contributed by atoms with van der Waals surface area (Å²) >= 11 is 0. The van der Waals surface area contributed by atoms with Gasteiger partial charge in [-0.1, -0.05) is 30.3 Å². The molecule has 0 heterocycles. The molecule has 0 radical (unpaired) electrons. The quantitative estimate of drug-likeness (QED) is 0.658. The van der Waals surface area contributed by atoms with Crippen LogP contribution in [-0.2, 0) is 0 Å². The molecule has 0 spiro atoms. The molecule has 0 atom stereocenters. The minimum absolute atomic E-state index is 0.316. The maximum absolute atomic E-state index is 13.7. The Labute approximate surface area is 106 Å². The first-order valence-electron chi connectivity index (χ1n) is 5.78. The molecule has 0 saturated carbocycles. The van der Waals surface area contributed by atoms with Crippen molar-refractivity contribution in [2.75, 3.05) is 0 Å². The fourth-order valence-electron chi connectivity index (χ4n) is 1.89. The summed E-state index contributed by atoms with van der Waals surface area (Å²) in [6, 6.07) is 13.2. The van der Waals surface area contributed by atoms with Gasteiger partial charge in [0.1, 0.15) is 11.6 Å². The van der Waals surface area contributed by atoms with Gasteiger partial charge in [-0.15, -0.1) is 0 Å². The molecule has 92 valence electrons. The van der Waals surface area contributed by atoms with Crippen LogP contribution in [0.2, 0.25) is 0 Å². The molecule has 0 nitrogen and oxygen atoms in total. The molecular formula is C16H14F2. The van der Waals surface area contributed by atoms with E-state index in [0.29, 0.717) is 5.56 Å². The molecule has 0 unspecified atom stereocenters. The summed E-state index contributed by atoms with van der Waals surface area (Å²) in [6.07, 6.45) is 0. The Bertz CT molecular complexity index is 583. The van der Waals surface area contributed by atoms with E-state index in [1.54, 1.807) is 6.92 Å². The van der Waals surface area contributed by atoms with E-state index < -0.39 is 11.6 Å². The summed E-state index contributed by atoms with van der Waals surface area (Å²) in [6.45, 7) is 3.72. The second-order valence-electron chi connectivity index (χ2n) is 4.24. The zero-order valence-electron chi connectivity index (χ0n) is 10.4. The van der Waals surface area contributed by atoms with Crippen LogP contribution < -0.4 is 0 Å². The van der Waals surface area contributed by atoms with E-state index in [1.165, 1.54) is 6.07 Å². The predicted octanol–water partition coefficient (Wildman–Crippen LogP) is 4.92. The second-order valence-corrected chi connectivity index (χ2v) is 4.24. The molecule has 0 aliphatic heterocycles. The van der Waals surface area contributed by atoms with Crippen LogP contribution >= 0.6 is 0 Å². The highest BCUT2D eigenvalue weighted by Gasteiger charge is 2.09. The molecule has 0 aromatic heterocycles. The standard InChI is InChI=1S/C16H14F2/c1-11(13-6-4-3-5-7-13)12(2)15-10-14(17)8-9-16(15)18/h3-10H,1-2H3. The maximum Gasteiger partial charge on any atom is 0.130 e. The molecule has 0 fully saturated rings. The first-order chi connectivity index (χ1) is 8.59. The van der Waals surface area contributed by atoms with Crippen LogP contribution in [0.3, 0.4) is 0 Å². The summed E-state index contributed by atoms with van der Waals surface area (Å²) in [5, 5.41) is 0. The van der Waals surface area contributed by atoms with Crippen LogP contribution in [0, 0.1) is 11.6 Å². The number of benzene rings is 2.